The van der Waals surface area contributed by atoms with E-state index in [2.05, 4.69) is 4.74 Å². The van der Waals surface area contributed by atoms with Crippen LogP contribution in [0.4, 0.5) is 0 Å². The van der Waals surface area contributed by atoms with E-state index in [1.54, 1.807) is 13.0 Å². The number of esters is 2. The van der Waals surface area contributed by atoms with Gasteiger partial charge in [0, 0.05) is 4.88 Å². The van der Waals surface area contributed by atoms with Crippen molar-refractivity contribution in [3.05, 3.63) is 45.0 Å². The average molecular weight is 294 g/mol. The van der Waals surface area contributed by atoms with Crippen molar-refractivity contribution in [1.82, 2.24) is 0 Å². The van der Waals surface area contributed by atoms with Crippen LogP contribution in [0.15, 0.2) is 22.6 Å². The van der Waals surface area contributed by atoms with Crippen LogP contribution in [0.2, 0.25) is 0 Å². The van der Waals surface area contributed by atoms with E-state index >= 15 is 0 Å². The van der Waals surface area contributed by atoms with Gasteiger partial charge in [0.1, 0.15) is 28.6 Å². The van der Waals surface area contributed by atoms with Crippen LogP contribution in [0.1, 0.15) is 36.4 Å². The van der Waals surface area contributed by atoms with E-state index in [4.69, 9.17) is 9.15 Å². The maximum Gasteiger partial charge on any atom is 0.348 e. The molecule has 0 aliphatic rings. The summed E-state index contributed by atoms with van der Waals surface area (Å²) in [5.74, 6) is -0.0334. The number of hydrogen-bond donors (Lipinski definition) is 0. The summed E-state index contributed by atoms with van der Waals surface area (Å²) in [6, 6.07) is 5.09. The van der Waals surface area contributed by atoms with Crippen LogP contribution in [0, 0.1) is 13.8 Å². The van der Waals surface area contributed by atoms with Gasteiger partial charge in [0.15, 0.2) is 0 Å². The Kier molecular flexibility index (Phi) is 4.24. The Morgan fingerprint density at radius 2 is 2.00 bits per heavy atom. The van der Waals surface area contributed by atoms with Crippen molar-refractivity contribution in [2.24, 2.45) is 0 Å². The monoisotopic (exact) mass is 294 g/mol. The summed E-state index contributed by atoms with van der Waals surface area (Å²) in [5.41, 5.74) is 0.338. The molecule has 0 aromatic carbocycles. The van der Waals surface area contributed by atoms with Crippen molar-refractivity contribution in [3.63, 3.8) is 0 Å². The molecule has 2 heterocycles. The summed E-state index contributed by atoms with van der Waals surface area (Å²) in [4.78, 5) is 24.8. The number of methoxy groups -OCH3 is 1. The Bertz CT molecular complexity index is 638. The first-order valence-electron chi connectivity index (χ1n) is 5.92. The molecule has 0 aliphatic carbocycles. The summed E-state index contributed by atoms with van der Waals surface area (Å²) < 4.78 is 15.1. The first kappa shape index (κ1) is 14.3. The van der Waals surface area contributed by atoms with Gasteiger partial charge in [0.05, 0.1) is 7.11 Å². The third-order valence-corrected chi connectivity index (χ3v) is 3.64. The topological polar surface area (TPSA) is 65.7 Å². The lowest BCUT2D eigenvalue weighted by Crippen LogP contribution is -2.03. The Morgan fingerprint density at radius 1 is 1.25 bits per heavy atom. The predicted octanol–water partition coefficient (Wildman–Crippen LogP) is 3.10. The number of aryl methyl sites for hydroxylation is 2. The van der Waals surface area contributed by atoms with E-state index in [1.807, 2.05) is 13.0 Å². The highest BCUT2D eigenvalue weighted by Crippen LogP contribution is 2.19. The largest absolute Gasteiger partial charge is 0.465 e. The van der Waals surface area contributed by atoms with Gasteiger partial charge in [0.2, 0.25) is 0 Å². The van der Waals surface area contributed by atoms with Gasteiger partial charge in [-0.2, -0.15) is 0 Å². The highest BCUT2D eigenvalue weighted by atomic mass is 32.1. The molecule has 5 nitrogen and oxygen atoms in total. The lowest BCUT2D eigenvalue weighted by Gasteiger charge is -1.99. The molecule has 20 heavy (non-hydrogen) atoms. The fourth-order valence-corrected chi connectivity index (χ4v) is 2.44. The molecule has 0 spiro atoms. The fraction of sp³-hybridized carbons (Fsp3) is 0.286. The SMILES string of the molecule is COC(=O)c1cc(COC(=O)c2ccc(C)s2)oc1C. The molecule has 0 N–H and O–H groups in total. The van der Waals surface area contributed by atoms with Crippen molar-refractivity contribution in [2.45, 2.75) is 20.5 Å². The highest BCUT2D eigenvalue weighted by molar-refractivity contribution is 7.13. The fourth-order valence-electron chi connectivity index (χ4n) is 1.68. The maximum absolute atomic E-state index is 11.8. The molecule has 0 radical (unpaired) electrons. The lowest BCUT2D eigenvalue weighted by atomic mass is 10.2. The van der Waals surface area contributed by atoms with Gasteiger partial charge in [-0.3, -0.25) is 0 Å². The molecule has 0 bridgehead atoms. The van der Waals surface area contributed by atoms with E-state index in [-0.39, 0.29) is 6.61 Å². The molecule has 0 saturated heterocycles. The molecule has 6 heteroatoms. The first-order chi connectivity index (χ1) is 9.51. The molecule has 2 rings (SSSR count). The van der Waals surface area contributed by atoms with Crippen LogP contribution in [-0.2, 0) is 16.1 Å². The van der Waals surface area contributed by atoms with Crippen LogP contribution in [0.5, 0.6) is 0 Å². The molecule has 0 fully saturated rings. The standard InChI is InChI=1S/C14H14O5S/c1-8-4-5-12(20-8)14(16)18-7-10-6-11(9(2)19-10)13(15)17-3/h4-6H,7H2,1-3H3. The summed E-state index contributed by atoms with van der Waals surface area (Å²) in [6.45, 7) is 3.55. The minimum absolute atomic E-state index is 0.0202. The van der Waals surface area contributed by atoms with Gasteiger partial charge in [-0.05, 0) is 32.0 Å². The number of furan rings is 1. The van der Waals surface area contributed by atoms with Gasteiger partial charge in [-0.25, -0.2) is 9.59 Å². The number of ether oxygens (including phenoxy) is 2. The van der Waals surface area contributed by atoms with Crippen molar-refractivity contribution < 1.29 is 23.5 Å². The second kappa shape index (κ2) is 5.92. The molecule has 106 valence electrons. The minimum atomic E-state index is -0.474. The van der Waals surface area contributed by atoms with Crippen molar-refractivity contribution in [1.29, 1.82) is 0 Å². The van der Waals surface area contributed by atoms with Gasteiger partial charge in [0.25, 0.3) is 0 Å². The number of carbonyl (C=O) groups excluding carboxylic acids is 2. The third-order valence-electron chi connectivity index (χ3n) is 2.66. The molecule has 0 amide bonds. The maximum atomic E-state index is 11.8. The number of hydrogen-bond acceptors (Lipinski definition) is 6. The van der Waals surface area contributed by atoms with Gasteiger partial charge in [-0.15, -0.1) is 11.3 Å². The zero-order valence-electron chi connectivity index (χ0n) is 11.4. The Morgan fingerprint density at radius 3 is 2.60 bits per heavy atom. The van der Waals surface area contributed by atoms with Gasteiger partial charge in [-0.1, -0.05) is 0 Å². The zero-order valence-corrected chi connectivity index (χ0v) is 12.2. The second-order valence-corrected chi connectivity index (χ2v) is 5.45. The minimum Gasteiger partial charge on any atom is -0.465 e. The van der Waals surface area contributed by atoms with Crippen LogP contribution in [0.25, 0.3) is 0 Å². The Hall–Kier alpha value is -2.08. The van der Waals surface area contributed by atoms with E-state index in [0.29, 0.717) is 22.0 Å². The Labute approximate surface area is 120 Å². The van der Waals surface area contributed by atoms with E-state index in [0.717, 1.165) is 4.88 Å². The van der Waals surface area contributed by atoms with Crippen molar-refractivity contribution in [3.8, 4) is 0 Å². The Balaban J connectivity index is 2.01. The molecule has 2 aromatic rings. The smallest absolute Gasteiger partial charge is 0.348 e. The summed E-state index contributed by atoms with van der Waals surface area (Å²) >= 11 is 1.37. The van der Waals surface area contributed by atoms with Crippen molar-refractivity contribution in [2.75, 3.05) is 7.11 Å². The number of carbonyl (C=O) groups is 2. The predicted molar refractivity (Wildman–Crippen MR) is 73.0 cm³/mol. The highest BCUT2D eigenvalue weighted by Gasteiger charge is 2.17. The number of rotatable bonds is 4. The van der Waals surface area contributed by atoms with Gasteiger partial charge >= 0.3 is 11.9 Å². The van der Waals surface area contributed by atoms with Crippen LogP contribution in [0.3, 0.4) is 0 Å². The molecular weight excluding hydrogens is 280 g/mol. The number of thiophene rings is 1. The lowest BCUT2D eigenvalue weighted by molar-refractivity contribution is 0.0449. The summed E-state index contributed by atoms with van der Waals surface area (Å²) in [5, 5.41) is 0. The van der Waals surface area contributed by atoms with E-state index in [1.165, 1.54) is 24.5 Å². The first-order valence-corrected chi connectivity index (χ1v) is 6.74. The molecule has 2 aromatic heterocycles. The molecule has 0 unspecified atom stereocenters. The van der Waals surface area contributed by atoms with Crippen LogP contribution in [-0.4, -0.2) is 19.0 Å². The third kappa shape index (κ3) is 3.08. The quantitative estimate of drug-likeness (QED) is 0.811. The van der Waals surface area contributed by atoms with E-state index < -0.39 is 11.9 Å². The van der Waals surface area contributed by atoms with Crippen LogP contribution >= 0.6 is 11.3 Å². The molecule has 0 saturated carbocycles. The molecule has 0 aliphatic heterocycles. The average Bonchev–Trinajstić information content (AvgIpc) is 3.01. The normalized spacial score (nSPS) is 10.3. The van der Waals surface area contributed by atoms with Gasteiger partial charge < -0.3 is 13.9 Å². The van der Waals surface area contributed by atoms with Crippen molar-refractivity contribution >= 4 is 23.3 Å². The molecular formula is C14H14O5S. The summed E-state index contributed by atoms with van der Waals surface area (Å²) in [6.07, 6.45) is 0. The molecule has 0 atom stereocenters. The van der Waals surface area contributed by atoms with E-state index in [9.17, 15) is 9.59 Å². The second-order valence-electron chi connectivity index (χ2n) is 4.16. The summed E-state index contributed by atoms with van der Waals surface area (Å²) in [7, 11) is 1.30. The zero-order chi connectivity index (χ0) is 14.7. The van der Waals surface area contributed by atoms with Crippen LogP contribution < -0.4 is 0 Å².